The second kappa shape index (κ2) is 9.69. The van der Waals surface area contributed by atoms with Crippen molar-refractivity contribution in [1.29, 1.82) is 0 Å². The molecule has 1 aliphatic rings. The number of thioether (sulfide) groups is 1. The van der Waals surface area contributed by atoms with Crippen LogP contribution in [0.2, 0.25) is 5.02 Å². The van der Waals surface area contributed by atoms with E-state index in [0.717, 1.165) is 50.3 Å². The summed E-state index contributed by atoms with van der Waals surface area (Å²) >= 11 is 9.23. The zero-order chi connectivity index (χ0) is 21.1. The van der Waals surface area contributed by atoms with E-state index in [0.29, 0.717) is 18.7 Å². The Morgan fingerprint density at radius 1 is 1.23 bits per heavy atom. The van der Waals surface area contributed by atoms with E-state index in [9.17, 15) is 4.79 Å². The maximum Gasteiger partial charge on any atom is 0.229 e. The molecule has 7 heteroatoms. The van der Waals surface area contributed by atoms with E-state index in [1.807, 2.05) is 29.2 Å². The number of carbonyl (C=O) groups is 1. The zero-order valence-electron chi connectivity index (χ0n) is 17.2. The number of aryl methyl sites for hydroxylation is 2. The summed E-state index contributed by atoms with van der Waals surface area (Å²) in [5.41, 5.74) is 3.33. The van der Waals surface area contributed by atoms with Gasteiger partial charge in [0.25, 0.3) is 0 Å². The second-order valence-electron chi connectivity index (χ2n) is 7.57. The number of thiazole rings is 1. The van der Waals surface area contributed by atoms with Crippen molar-refractivity contribution in [1.82, 2.24) is 4.98 Å². The summed E-state index contributed by atoms with van der Waals surface area (Å²) in [4.78, 5) is 21.0. The second-order valence-corrected chi connectivity index (χ2v) is 10.1. The van der Waals surface area contributed by atoms with Gasteiger partial charge in [0.2, 0.25) is 5.91 Å². The number of anilines is 1. The van der Waals surface area contributed by atoms with Crippen LogP contribution in [0.3, 0.4) is 0 Å². The number of aromatic nitrogens is 1. The van der Waals surface area contributed by atoms with Gasteiger partial charge in [-0.15, -0.1) is 11.8 Å². The molecule has 1 amide bonds. The highest BCUT2D eigenvalue weighted by atomic mass is 35.5. The molecule has 30 heavy (non-hydrogen) atoms. The fourth-order valence-electron chi connectivity index (χ4n) is 3.56. The van der Waals surface area contributed by atoms with Gasteiger partial charge in [0.15, 0.2) is 5.13 Å². The van der Waals surface area contributed by atoms with Crippen LogP contribution in [0.5, 0.6) is 0 Å². The summed E-state index contributed by atoms with van der Waals surface area (Å²) in [7, 11) is 0. The van der Waals surface area contributed by atoms with Gasteiger partial charge in [-0.05, 0) is 62.1 Å². The van der Waals surface area contributed by atoms with Crippen molar-refractivity contribution in [2.45, 2.75) is 44.1 Å². The number of hydrogen-bond acceptors (Lipinski definition) is 5. The molecule has 0 N–H and O–H groups in total. The predicted octanol–water partition coefficient (Wildman–Crippen LogP) is 6.26. The third kappa shape index (κ3) is 4.99. The van der Waals surface area contributed by atoms with Gasteiger partial charge in [-0.2, -0.15) is 0 Å². The number of fused-ring (bicyclic) bond motifs is 1. The molecule has 0 spiro atoms. The highest BCUT2D eigenvalue weighted by Gasteiger charge is 2.26. The van der Waals surface area contributed by atoms with E-state index < -0.39 is 0 Å². The van der Waals surface area contributed by atoms with Crippen molar-refractivity contribution < 1.29 is 9.53 Å². The van der Waals surface area contributed by atoms with Crippen LogP contribution < -0.4 is 4.90 Å². The van der Waals surface area contributed by atoms with E-state index in [1.165, 1.54) is 5.56 Å². The lowest BCUT2D eigenvalue weighted by Gasteiger charge is -2.23. The number of nitrogens with zero attached hydrogens (tertiary/aromatic N) is 2. The molecule has 0 radical (unpaired) electrons. The third-order valence-corrected chi connectivity index (χ3v) is 7.75. The van der Waals surface area contributed by atoms with Crippen LogP contribution in [-0.4, -0.2) is 35.9 Å². The Bertz CT molecular complexity index is 991. The normalized spacial score (nSPS) is 16.3. The average Bonchev–Trinajstić information content (AvgIpc) is 3.41. The van der Waals surface area contributed by atoms with Crippen molar-refractivity contribution in [3.05, 3.63) is 52.5 Å². The van der Waals surface area contributed by atoms with Gasteiger partial charge < -0.3 is 4.74 Å². The minimum absolute atomic E-state index is 0.0899. The quantitative estimate of drug-likeness (QED) is 0.390. The first kappa shape index (κ1) is 21.6. The minimum Gasteiger partial charge on any atom is -0.376 e. The Labute approximate surface area is 190 Å². The van der Waals surface area contributed by atoms with Gasteiger partial charge in [0.05, 0.1) is 22.9 Å². The minimum atomic E-state index is 0.0899. The highest BCUT2D eigenvalue weighted by Crippen LogP contribution is 2.34. The van der Waals surface area contributed by atoms with Crippen molar-refractivity contribution in [2.24, 2.45) is 0 Å². The van der Waals surface area contributed by atoms with Gasteiger partial charge in [-0.1, -0.05) is 35.1 Å². The Hall–Kier alpha value is -1.60. The van der Waals surface area contributed by atoms with Crippen molar-refractivity contribution in [2.75, 3.05) is 23.8 Å². The Kier molecular flexibility index (Phi) is 6.98. The lowest BCUT2D eigenvalue weighted by molar-refractivity contribution is -0.118. The number of hydrogen-bond donors (Lipinski definition) is 0. The summed E-state index contributed by atoms with van der Waals surface area (Å²) in [6, 6.07) is 11.9. The molecule has 0 saturated carbocycles. The van der Waals surface area contributed by atoms with Gasteiger partial charge in [-0.3, -0.25) is 9.69 Å². The van der Waals surface area contributed by atoms with E-state index in [1.54, 1.807) is 23.1 Å². The van der Waals surface area contributed by atoms with Crippen LogP contribution >= 0.6 is 34.7 Å². The number of amides is 1. The molecule has 1 saturated heterocycles. The first-order valence-electron chi connectivity index (χ1n) is 10.2. The summed E-state index contributed by atoms with van der Waals surface area (Å²) in [6.07, 6.45) is 2.59. The predicted molar refractivity (Wildman–Crippen MR) is 127 cm³/mol. The molecule has 2 aromatic carbocycles. The molecule has 1 aromatic heterocycles. The Balaban J connectivity index is 1.51. The maximum absolute atomic E-state index is 13.2. The fraction of sp³-hybridized carbons (Fsp3) is 0.391. The average molecular weight is 461 g/mol. The Morgan fingerprint density at radius 3 is 2.70 bits per heavy atom. The first-order chi connectivity index (χ1) is 14.5. The third-order valence-electron chi connectivity index (χ3n) is 5.27. The van der Waals surface area contributed by atoms with E-state index in [2.05, 4.69) is 26.0 Å². The highest BCUT2D eigenvalue weighted by molar-refractivity contribution is 7.99. The van der Waals surface area contributed by atoms with Gasteiger partial charge in [-0.25, -0.2) is 4.98 Å². The smallest absolute Gasteiger partial charge is 0.229 e. The fourth-order valence-corrected chi connectivity index (χ4v) is 5.67. The van der Waals surface area contributed by atoms with Crippen molar-refractivity contribution >= 4 is 56.0 Å². The van der Waals surface area contributed by atoms with E-state index in [4.69, 9.17) is 21.3 Å². The molecular weight excluding hydrogens is 436 g/mol. The summed E-state index contributed by atoms with van der Waals surface area (Å²) in [5, 5.41) is 1.50. The summed E-state index contributed by atoms with van der Waals surface area (Å²) < 4.78 is 6.98. The molecular formula is C23H25ClN2O2S2. The van der Waals surface area contributed by atoms with Crippen molar-refractivity contribution in [3.8, 4) is 0 Å². The largest absolute Gasteiger partial charge is 0.376 e. The molecule has 3 aromatic rings. The SMILES string of the molecule is Cc1ccc(C)c2sc(N(CC3CCCO3)C(=O)CCSc3ccc(Cl)cc3)nc12. The van der Waals surface area contributed by atoms with E-state index >= 15 is 0 Å². The number of rotatable bonds is 7. The van der Waals surface area contributed by atoms with Crippen LogP contribution in [0.4, 0.5) is 5.13 Å². The lowest BCUT2D eigenvalue weighted by Crippen LogP contribution is -2.37. The number of halogens is 1. The monoisotopic (exact) mass is 460 g/mol. The van der Waals surface area contributed by atoms with Crippen LogP contribution in [0.25, 0.3) is 10.2 Å². The van der Waals surface area contributed by atoms with Crippen LogP contribution in [-0.2, 0) is 9.53 Å². The number of benzene rings is 2. The van der Waals surface area contributed by atoms with Crippen LogP contribution in [0, 0.1) is 13.8 Å². The molecule has 1 aliphatic heterocycles. The molecule has 2 heterocycles. The topological polar surface area (TPSA) is 42.4 Å². The lowest BCUT2D eigenvalue weighted by atomic mass is 10.1. The Morgan fingerprint density at radius 2 is 2.00 bits per heavy atom. The van der Waals surface area contributed by atoms with Crippen LogP contribution in [0.1, 0.15) is 30.4 Å². The number of ether oxygens (including phenoxy) is 1. The molecule has 158 valence electrons. The van der Waals surface area contributed by atoms with E-state index in [-0.39, 0.29) is 12.0 Å². The van der Waals surface area contributed by atoms with Gasteiger partial charge in [0, 0.05) is 28.7 Å². The van der Waals surface area contributed by atoms with Gasteiger partial charge >= 0.3 is 0 Å². The zero-order valence-corrected chi connectivity index (χ0v) is 19.6. The van der Waals surface area contributed by atoms with Crippen LogP contribution in [0.15, 0.2) is 41.3 Å². The summed E-state index contributed by atoms with van der Waals surface area (Å²) in [6.45, 7) is 5.51. The molecule has 1 atom stereocenters. The molecule has 0 aliphatic carbocycles. The first-order valence-corrected chi connectivity index (χ1v) is 12.4. The summed E-state index contributed by atoms with van der Waals surface area (Å²) in [5.74, 6) is 0.812. The molecule has 0 bridgehead atoms. The van der Waals surface area contributed by atoms with Gasteiger partial charge in [0.1, 0.15) is 0 Å². The molecule has 4 nitrogen and oxygen atoms in total. The molecule has 1 fully saturated rings. The van der Waals surface area contributed by atoms with Crippen molar-refractivity contribution in [3.63, 3.8) is 0 Å². The standard InChI is InChI=1S/C23H25ClN2O2S2/c1-15-5-6-16(2)22-21(15)25-23(30-22)26(14-18-4-3-12-28-18)20(27)11-13-29-19-9-7-17(24)8-10-19/h5-10,18H,3-4,11-14H2,1-2H3. The maximum atomic E-state index is 13.2. The number of carbonyl (C=O) groups excluding carboxylic acids is 1. The molecule has 1 unspecified atom stereocenters. The molecule has 4 rings (SSSR count).